The van der Waals surface area contributed by atoms with Crippen molar-refractivity contribution in [3.8, 4) is 0 Å². The Morgan fingerprint density at radius 3 is 1.17 bits per heavy atom. The van der Waals surface area contributed by atoms with Gasteiger partial charge in [-0.05, 0) is 112 Å². The van der Waals surface area contributed by atoms with Crippen LogP contribution in [0.1, 0.15) is 131 Å². The molecule has 0 saturated heterocycles. The highest BCUT2D eigenvalue weighted by Gasteiger charge is 2.20. The molecule has 8 N–H and O–H groups in total. The Morgan fingerprint density at radius 2 is 0.847 bits per heavy atom. The molecule has 20 nitrogen and oxygen atoms in total. The van der Waals surface area contributed by atoms with Gasteiger partial charge < -0.3 is 41.7 Å². The van der Waals surface area contributed by atoms with Crippen LogP contribution in [0.5, 0.6) is 0 Å². The Labute approximate surface area is 429 Å². The molecule has 2 aromatic heterocycles. The average molecular weight is 1040 g/mol. The van der Waals surface area contributed by atoms with Crippen LogP contribution >= 0.6 is 0 Å². The van der Waals surface area contributed by atoms with Gasteiger partial charge in [0.2, 0.25) is 35.7 Å². The second-order valence-corrected chi connectivity index (χ2v) is 20.6. The monoisotopic (exact) mass is 1040 g/mol. The first-order valence-electron chi connectivity index (χ1n) is 25.9. The smallest absolute Gasteiger partial charge is 0.295 e. The van der Waals surface area contributed by atoms with Crippen molar-refractivity contribution in [3.05, 3.63) is 47.5 Å². The van der Waals surface area contributed by atoms with Crippen molar-refractivity contribution in [2.45, 2.75) is 129 Å². The van der Waals surface area contributed by atoms with E-state index in [-0.39, 0.29) is 34.4 Å². The van der Waals surface area contributed by atoms with Crippen molar-refractivity contribution in [1.29, 1.82) is 0 Å². The number of hydrogen-bond donors (Lipinski definition) is 8. The van der Waals surface area contributed by atoms with E-state index in [4.69, 9.17) is 0 Å². The van der Waals surface area contributed by atoms with Crippen molar-refractivity contribution in [2.24, 2.45) is 11.8 Å². The van der Waals surface area contributed by atoms with Crippen LogP contribution in [0.25, 0.3) is 12.2 Å². The summed E-state index contributed by atoms with van der Waals surface area (Å²) < 4.78 is 72.4. The summed E-state index contributed by atoms with van der Waals surface area (Å²) in [7, 11) is -9.65. The highest BCUT2D eigenvalue weighted by atomic mass is 32.2. The van der Waals surface area contributed by atoms with Crippen molar-refractivity contribution < 1.29 is 25.9 Å². The van der Waals surface area contributed by atoms with Gasteiger partial charge in [0, 0.05) is 37.6 Å². The lowest BCUT2D eigenvalue weighted by Gasteiger charge is -2.18. The van der Waals surface area contributed by atoms with Crippen molar-refractivity contribution >= 4 is 79.5 Å². The number of anilines is 8. The fourth-order valence-corrected chi connectivity index (χ4v) is 9.43. The number of rotatable bonds is 36. The zero-order chi connectivity index (χ0) is 52.5. The maximum absolute atomic E-state index is 12.9. The first-order valence-corrected chi connectivity index (χ1v) is 28.8. The molecule has 2 heterocycles. The molecule has 0 spiro atoms. The quantitative estimate of drug-likeness (QED) is 0.0120. The predicted octanol–water partition coefficient (Wildman–Crippen LogP) is 9.75. The Kier molecular flexibility index (Phi) is 25.3. The molecule has 0 saturated carbocycles. The fraction of sp³-hybridized carbons (Fsp3) is 0.600. The van der Waals surface area contributed by atoms with Gasteiger partial charge in [0.05, 0.1) is 0 Å². The Hall–Kier alpha value is -5.26. The van der Waals surface area contributed by atoms with Gasteiger partial charge in [-0.25, -0.2) is 0 Å². The van der Waals surface area contributed by atoms with Gasteiger partial charge in [-0.1, -0.05) is 118 Å². The van der Waals surface area contributed by atoms with Gasteiger partial charge >= 0.3 is 0 Å². The maximum atomic E-state index is 12.9. The molecule has 72 heavy (non-hydrogen) atoms. The molecule has 0 aliphatic rings. The first-order chi connectivity index (χ1) is 34.5. The van der Waals surface area contributed by atoms with E-state index in [0.29, 0.717) is 61.8 Å². The average Bonchev–Trinajstić information content (AvgIpc) is 3.35. The number of nitrogens with zero attached hydrogens (tertiary/aromatic N) is 8. The lowest BCUT2D eigenvalue weighted by molar-refractivity contribution is 0.303. The molecule has 4 aromatic rings. The Bertz CT molecular complexity index is 2340. The highest BCUT2D eigenvalue weighted by Crippen LogP contribution is 2.29. The van der Waals surface area contributed by atoms with Gasteiger partial charge in [-0.2, -0.15) is 46.7 Å². The molecule has 0 fully saturated rings. The molecular formula is C50H82N14O6S2. The summed E-state index contributed by atoms with van der Waals surface area (Å²) in [5.41, 5.74) is 0.591. The van der Waals surface area contributed by atoms with Crippen LogP contribution in [-0.4, -0.2) is 131 Å². The second-order valence-electron chi connectivity index (χ2n) is 17.9. The molecule has 2 aromatic carbocycles. The van der Waals surface area contributed by atoms with Crippen molar-refractivity contribution in [3.63, 3.8) is 0 Å². The first kappa shape index (κ1) is 59.3. The molecule has 0 amide bonds. The van der Waals surface area contributed by atoms with Crippen LogP contribution in [0.4, 0.5) is 47.1 Å². The van der Waals surface area contributed by atoms with Crippen molar-refractivity contribution in [2.75, 3.05) is 97.3 Å². The van der Waals surface area contributed by atoms with E-state index in [1.807, 2.05) is 0 Å². The zero-order valence-corrected chi connectivity index (χ0v) is 45.5. The normalized spacial score (nSPS) is 12.9. The second kappa shape index (κ2) is 30.7. The number of unbranched alkanes of at least 4 members (excludes halogenated alkanes) is 2. The minimum absolute atomic E-state index is 0.0418. The number of aromatic nitrogens is 6. The molecule has 0 radical (unpaired) electrons. The summed E-state index contributed by atoms with van der Waals surface area (Å²) in [6, 6.07) is 8.53. The fourth-order valence-electron chi connectivity index (χ4n) is 8.01. The molecule has 2 unspecified atom stereocenters. The lowest BCUT2D eigenvalue weighted by atomic mass is 9.99. The van der Waals surface area contributed by atoms with Crippen molar-refractivity contribution in [1.82, 2.24) is 39.7 Å². The highest BCUT2D eigenvalue weighted by molar-refractivity contribution is 7.86. The largest absolute Gasteiger partial charge is 0.354 e. The van der Waals surface area contributed by atoms with Gasteiger partial charge in [0.1, 0.15) is 9.79 Å². The summed E-state index contributed by atoms with van der Waals surface area (Å²) in [6.07, 6.45) is 13.0. The van der Waals surface area contributed by atoms with Gasteiger partial charge in [-0.3, -0.25) is 9.11 Å². The maximum Gasteiger partial charge on any atom is 0.295 e. The summed E-state index contributed by atoms with van der Waals surface area (Å²) in [4.78, 5) is 31.3. The van der Waals surface area contributed by atoms with Crippen LogP contribution in [0.3, 0.4) is 0 Å². The minimum Gasteiger partial charge on any atom is -0.354 e. The summed E-state index contributed by atoms with van der Waals surface area (Å²) in [5.74, 6) is 2.53. The molecule has 4 rings (SSSR count). The molecule has 400 valence electrons. The van der Waals surface area contributed by atoms with Crippen LogP contribution in [0, 0.1) is 11.8 Å². The third-order valence-electron chi connectivity index (χ3n) is 12.7. The van der Waals surface area contributed by atoms with Gasteiger partial charge in [0.25, 0.3) is 20.2 Å². The Balaban J connectivity index is 1.62. The van der Waals surface area contributed by atoms with E-state index in [1.54, 1.807) is 12.1 Å². The number of hydrogen-bond acceptors (Lipinski definition) is 18. The molecular weight excluding hydrogens is 957 g/mol. The molecule has 2 atom stereocenters. The van der Waals surface area contributed by atoms with Crippen LogP contribution in [0.2, 0.25) is 0 Å². The summed E-state index contributed by atoms with van der Waals surface area (Å²) in [6.45, 7) is 25.4. The minimum atomic E-state index is -4.82. The van der Waals surface area contributed by atoms with Crippen LogP contribution in [0.15, 0.2) is 46.2 Å². The zero-order valence-electron chi connectivity index (χ0n) is 43.8. The third-order valence-corrected chi connectivity index (χ3v) is 14.5. The van der Waals surface area contributed by atoms with E-state index in [9.17, 15) is 25.9 Å². The van der Waals surface area contributed by atoms with E-state index in [2.05, 4.69) is 127 Å². The van der Waals surface area contributed by atoms with E-state index in [1.165, 1.54) is 36.4 Å². The SMILES string of the molecule is CCCCC(CC)CNc1nc(NCCCN(CC)CC)nc(Nc2ccc(/C=C/c3ccc(Nc4nc(NCCCN(CC)CC)nc(NCC(CC)CCCC)n4)cc3S(=O)(=O)O)c(S(=O)(=O)O)c2)n1. The van der Waals surface area contributed by atoms with Gasteiger partial charge in [-0.15, -0.1) is 0 Å². The van der Waals surface area contributed by atoms with Gasteiger partial charge in [0.15, 0.2) is 0 Å². The lowest BCUT2D eigenvalue weighted by Crippen LogP contribution is -2.25. The van der Waals surface area contributed by atoms with Crippen LogP contribution < -0.4 is 31.9 Å². The molecule has 22 heteroatoms. The summed E-state index contributed by atoms with van der Waals surface area (Å²) in [5, 5.41) is 19.5. The predicted molar refractivity (Wildman–Crippen MR) is 293 cm³/mol. The van der Waals surface area contributed by atoms with Crippen LogP contribution in [-0.2, 0) is 20.2 Å². The number of nitrogens with one attached hydrogen (secondary N) is 6. The summed E-state index contributed by atoms with van der Waals surface area (Å²) >= 11 is 0. The topological polar surface area (TPSA) is 265 Å². The van der Waals surface area contributed by atoms with E-state index in [0.717, 1.165) is 103 Å². The number of benzene rings is 2. The van der Waals surface area contributed by atoms with E-state index < -0.39 is 30.0 Å². The molecule has 0 aliphatic heterocycles. The van der Waals surface area contributed by atoms with E-state index >= 15 is 0 Å². The molecule has 0 aliphatic carbocycles. The standard InChI is InChI=1S/C50H82N14O6S2/c1-9-17-21-37(11-3)35-53-47-57-45(51-29-19-31-63(13-5)14-6)59-49(61-47)55-41-27-25-39(43(33-41)71(65,66)67)23-24-40-26-28-42(34-44(40)72(68,69)70)56-50-60-46(52-30-20-32-64(15-7)16-8)58-48(62-50)54-36-38(12-4)22-18-10-2/h23-28,33-34,37-38H,9-22,29-32,35-36H2,1-8H3,(H,65,66,67)(H,68,69,70)(H3,51,53,55,57,59,61)(H3,52,54,56,58,60,62)/b24-23+. The molecule has 0 bridgehead atoms. The third kappa shape index (κ3) is 20.3. The Morgan fingerprint density at radius 1 is 0.500 bits per heavy atom.